The first-order chi connectivity index (χ1) is 14.7. The molecule has 1 aliphatic rings. The van der Waals surface area contributed by atoms with Crippen LogP contribution in [0.1, 0.15) is 41.2 Å². The van der Waals surface area contributed by atoms with Crippen molar-refractivity contribution in [3.63, 3.8) is 0 Å². The maximum atomic E-state index is 12.8. The molecular weight excluding hydrogens is 380 g/mol. The molecule has 0 bridgehead atoms. The highest BCUT2D eigenvalue weighted by atomic mass is 16.5. The Labute approximate surface area is 175 Å². The highest BCUT2D eigenvalue weighted by Crippen LogP contribution is 2.26. The average molecular weight is 406 g/mol. The summed E-state index contributed by atoms with van der Waals surface area (Å²) in [6.07, 6.45) is 5.18. The molecule has 156 valence electrons. The van der Waals surface area contributed by atoms with Crippen molar-refractivity contribution in [1.29, 1.82) is 0 Å². The molecule has 1 saturated heterocycles. The van der Waals surface area contributed by atoms with Gasteiger partial charge in [-0.1, -0.05) is 18.6 Å². The van der Waals surface area contributed by atoms with Gasteiger partial charge >= 0.3 is 0 Å². The summed E-state index contributed by atoms with van der Waals surface area (Å²) in [4.78, 5) is 15.2. The Hall–Kier alpha value is -3.26. The zero-order valence-electron chi connectivity index (χ0n) is 17.1. The number of nitrogens with one attached hydrogen (secondary N) is 1. The van der Waals surface area contributed by atoms with E-state index in [0.717, 1.165) is 24.5 Å². The molecule has 2 aromatic carbocycles. The summed E-state index contributed by atoms with van der Waals surface area (Å²) in [5.41, 5.74) is 2.60. The summed E-state index contributed by atoms with van der Waals surface area (Å²) in [6.45, 7) is 2.65. The van der Waals surface area contributed by atoms with E-state index in [4.69, 9.17) is 4.74 Å². The molecule has 3 aromatic rings. The Kier molecular flexibility index (Phi) is 6.34. The van der Waals surface area contributed by atoms with Crippen molar-refractivity contribution >= 4 is 5.91 Å². The third kappa shape index (κ3) is 4.65. The molecule has 1 aliphatic heterocycles. The van der Waals surface area contributed by atoms with Crippen molar-refractivity contribution in [2.45, 2.75) is 25.3 Å². The number of carbonyl (C=O) groups excluding carboxylic acids is 1. The number of nitrogens with zero attached hydrogens (tertiary/aromatic N) is 5. The summed E-state index contributed by atoms with van der Waals surface area (Å²) in [7, 11) is 1.67. The Morgan fingerprint density at radius 1 is 1.07 bits per heavy atom. The second kappa shape index (κ2) is 9.49. The number of piperidine rings is 1. The molecule has 0 radical (unpaired) electrons. The van der Waals surface area contributed by atoms with Gasteiger partial charge in [-0.3, -0.25) is 9.69 Å². The standard InChI is InChI=1S/C22H26N6O2/c1-30-20-11-7-17(8-12-20)21(27-13-3-2-4-14-27)15-23-22(29)18-5-9-19(10-6-18)28-16-24-25-26-28/h5-12,16,21H,2-4,13-15H2,1H3,(H,23,29). The number of hydrogen-bond donors (Lipinski definition) is 1. The highest BCUT2D eigenvalue weighted by Gasteiger charge is 2.23. The first-order valence-corrected chi connectivity index (χ1v) is 10.2. The van der Waals surface area contributed by atoms with E-state index in [1.54, 1.807) is 23.9 Å². The fourth-order valence-corrected chi connectivity index (χ4v) is 3.85. The van der Waals surface area contributed by atoms with Crippen LogP contribution in [0.2, 0.25) is 0 Å². The minimum absolute atomic E-state index is 0.0891. The van der Waals surface area contributed by atoms with Crippen LogP contribution in [0.3, 0.4) is 0 Å². The van der Waals surface area contributed by atoms with Crippen LogP contribution >= 0.6 is 0 Å². The molecule has 8 nitrogen and oxygen atoms in total. The number of ether oxygens (including phenoxy) is 1. The molecule has 1 atom stereocenters. The topological polar surface area (TPSA) is 85.2 Å². The minimum atomic E-state index is -0.0891. The lowest BCUT2D eigenvalue weighted by molar-refractivity contribution is 0.0924. The van der Waals surface area contributed by atoms with Gasteiger partial charge in [0.2, 0.25) is 0 Å². The van der Waals surface area contributed by atoms with Crippen LogP contribution in [-0.2, 0) is 0 Å². The van der Waals surface area contributed by atoms with Crippen molar-refractivity contribution in [2.75, 3.05) is 26.7 Å². The van der Waals surface area contributed by atoms with E-state index >= 15 is 0 Å². The summed E-state index contributed by atoms with van der Waals surface area (Å²) in [5.74, 6) is 0.747. The SMILES string of the molecule is COc1ccc(C(CNC(=O)c2ccc(-n3cnnn3)cc2)N2CCCCC2)cc1. The lowest BCUT2D eigenvalue weighted by Gasteiger charge is -2.35. The molecule has 1 N–H and O–H groups in total. The maximum Gasteiger partial charge on any atom is 0.251 e. The van der Waals surface area contributed by atoms with Crippen LogP contribution in [0, 0.1) is 0 Å². The van der Waals surface area contributed by atoms with Crippen LogP contribution in [0.4, 0.5) is 0 Å². The summed E-state index contributed by atoms with van der Waals surface area (Å²) in [5, 5.41) is 14.2. The van der Waals surface area contributed by atoms with Crippen LogP contribution in [-0.4, -0.2) is 57.8 Å². The van der Waals surface area contributed by atoms with Gasteiger partial charge in [0.05, 0.1) is 18.8 Å². The molecule has 2 heterocycles. The van der Waals surface area contributed by atoms with E-state index in [1.807, 2.05) is 24.3 Å². The van der Waals surface area contributed by atoms with Crippen LogP contribution in [0.5, 0.6) is 5.75 Å². The van der Waals surface area contributed by atoms with Crippen molar-refractivity contribution in [3.05, 3.63) is 66.0 Å². The Balaban J connectivity index is 1.45. The Morgan fingerprint density at radius 3 is 2.43 bits per heavy atom. The third-order valence-electron chi connectivity index (χ3n) is 5.53. The molecule has 4 rings (SSSR count). The molecular formula is C22H26N6O2. The monoisotopic (exact) mass is 406 g/mol. The summed E-state index contributed by atoms with van der Waals surface area (Å²) >= 11 is 0. The number of methoxy groups -OCH3 is 1. The van der Waals surface area contributed by atoms with Gasteiger partial charge in [-0.2, -0.15) is 0 Å². The van der Waals surface area contributed by atoms with Crippen LogP contribution < -0.4 is 10.1 Å². The van der Waals surface area contributed by atoms with E-state index in [9.17, 15) is 4.79 Å². The van der Waals surface area contributed by atoms with E-state index in [-0.39, 0.29) is 11.9 Å². The molecule has 30 heavy (non-hydrogen) atoms. The molecule has 1 amide bonds. The van der Waals surface area contributed by atoms with Gasteiger partial charge in [0.15, 0.2) is 0 Å². The van der Waals surface area contributed by atoms with E-state index < -0.39 is 0 Å². The van der Waals surface area contributed by atoms with Gasteiger partial charge in [-0.15, -0.1) is 5.10 Å². The average Bonchev–Trinajstić information content (AvgIpc) is 3.35. The predicted octanol–water partition coefficient (Wildman–Crippen LogP) is 2.63. The molecule has 1 aromatic heterocycles. The van der Waals surface area contributed by atoms with Gasteiger partial charge in [-0.05, 0) is 78.3 Å². The zero-order valence-corrected chi connectivity index (χ0v) is 17.1. The number of likely N-dealkylation sites (tertiary alicyclic amines) is 1. The van der Waals surface area contributed by atoms with Gasteiger partial charge in [-0.25, -0.2) is 4.68 Å². The number of rotatable bonds is 7. The fraction of sp³-hybridized carbons (Fsp3) is 0.364. The van der Waals surface area contributed by atoms with E-state index in [1.165, 1.54) is 31.2 Å². The summed E-state index contributed by atoms with van der Waals surface area (Å²) < 4.78 is 6.84. The normalized spacial score (nSPS) is 15.5. The number of aromatic nitrogens is 4. The van der Waals surface area contributed by atoms with Crippen molar-refractivity contribution in [1.82, 2.24) is 30.4 Å². The van der Waals surface area contributed by atoms with E-state index in [2.05, 4.69) is 37.9 Å². The first-order valence-electron chi connectivity index (χ1n) is 10.2. The summed E-state index contributed by atoms with van der Waals surface area (Å²) in [6, 6.07) is 15.5. The first kappa shape index (κ1) is 20.0. The molecule has 8 heteroatoms. The van der Waals surface area contributed by atoms with Crippen molar-refractivity contribution in [2.24, 2.45) is 0 Å². The quantitative estimate of drug-likeness (QED) is 0.649. The maximum absolute atomic E-state index is 12.8. The second-order valence-corrected chi connectivity index (χ2v) is 7.40. The lowest BCUT2D eigenvalue weighted by Crippen LogP contribution is -2.40. The largest absolute Gasteiger partial charge is 0.497 e. The van der Waals surface area contributed by atoms with Crippen molar-refractivity contribution in [3.8, 4) is 11.4 Å². The Bertz CT molecular complexity index is 935. The minimum Gasteiger partial charge on any atom is -0.497 e. The van der Waals surface area contributed by atoms with Gasteiger partial charge in [0.25, 0.3) is 5.91 Å². The van der Waals surface area contributed by atoms with Gasteiger partial charge < -0.3 is 10.1 Å². The number of tetrazole rings is 1. The molecule has 0 saturated carbocycles. The number of benzene rings is 2. The fourth-order valence-electron chi connectivity index (χ4n) is 3.85. The Morgan fingerprint density at radius 2 is 1.80 bits per heavy atom. The molecule has 0 aliphatic carbocycles. The van der Waals surface area contributed by atoms with Crippen LogP contribution in [0.25, 0.3) is 5.69 Å². The highest BCUT2D eigenvalue weighted by molar-refractivity contribution is 5.94. The molecule has 0 spiro atoms. The number of carbonyl (C=O) groups is 1. The molecule has 1 fully saturated rings. The van der Waals surface area contributed by atoms with E-state index in [0.29, 0.717) is 12.1 Å². The van der Waals surface area contributed by atoms with Gasteiger partial charge in [0.1, 0.15) is 12.1 Å². The third-order valence-corrected chi connectivity index (χ3v) is 5.53. The second-order valence-electron chi connectivity index (χ2n) is 7.40. The van der Waals surface area contributed by atoms with Crippen LogP contribution in [0.15, 0.2) is 54.9 Å². The lowest BCUT2D eigenvalue weighted by atomic mass is 10.0. The van der Waals surface area contributed by atoms with Gasteiger partial charge in [0, 0.05) is 12.1 Å². The number of hydrogen-bond acceptors (Lipinski definition) is 6. The number of amides is 1. The predicted molar refractivity (Wildman–Crippen MR) is 113 cm³/mol. The molecule has 1 unspecified atom stereocenters. The zero-order chi connectivity index (χ0) is 20.8. The van der Waals surface area contributed by atoms with Crippen molar-refractivity contribution < 1.29 is 9.53 Å². The smallest absolute Gasteiger partial charge is 0.251 e.